The first-order valence-electron chi connectivity index (χ1n) is 12.8. The lowest BCUT2D eigenvalue weighted by molar-refractivity contribution is -0.242. The Morgan fingerprint density at radius 2 is 1.79 bits per heavy atom. The van der Waals surface area contributed by atoms with Crippen LogP contribution in [0.4, 0.5) is 33.7 Å². The van der Waals surface area contributed by atoms with Gasteiger partial charge in [-0.3, -0.25) is 9.62 Å². The lowest BCUT2D eigenvalue weighted by Crippen LogP contribution is -2.48. The van der Waals surface area contributed by atoms with Gasteiger partial charge in [0, 0.05) is 18.3 Å². The molecule has 1 amide bonds. The van der Waals surface area contributed by atoms with Crippen LogP contribution in [0, 0.1) is 5.82 Å². The zero-order valence-electron chi connectivity index (χ0n) is 22.7. The van der Waals surface area contributed by atoms with Crippen LogP contribution in [0.2, 0.25) is 0 Å². The molecule has 1 heterocycles. The molecule has 1 fully saturated rings. The molecule has 4 rings (SSSR count). The van der Waals surface area contributed by atoms with Crippen LogP contribution in [0.1, 0.15) is 33.6 Å². The van der Waals surface area contributed by atoms with Gasteiger partial charge in [-0.15, -0.1) is 0 Å². The number of nitrogens with one attached hydrogen (secondary N) is 2. The van der Waals surface area contributed by atoms with E-state index in [1.54, 1.807) is 6.92 Å². The van der Waals surface area contributed by atoms with Gasteiger partial charge < -0.3 is 14.2 Å². The van der Waals surface area contributed by atoms with Gasteiger partial charge in [0.05, 0.1) is 29.0 Å². The van der Waals surface area contributed by atoms with Crippen LogP contribution < -0.4 is 23.8 Å². The van der Waals surface area contributed by atoms with Gasteiger partial charge in [0.1, 0.15) is 11.9 Å². The number of sulfonamides is 2. The third-order valence-corrected chi connectivity index (χ3v) is 10.1. The number of benzene rings is 2. The third-order valence-electron chi connectivity index (χ3n) is 6.43. The summed E-state index contributed by atoms with van der Waals surface area (Å²) in [5.41, 5.74) is -3.06. The number of carbonyl (C=O) groups is 1. The van der Waals surface area contributed by atoms with Crippen molar-refractivity contribution in [2.75, 3.05) is 29.3 Å². The summed E-state index contributed by atoms with van der Waals surface area (Å²) in [6.07, 6.45) is -6.28. The van der Waals surface area contributed by atoms with Crippen molar-refractivity contribution < 1.29 is 53.4 Å². The molecule has 2 N–H and O–H groups in total. The quantitative estimate of drug-likeness (QED) is 0.370. The van der Waals surface area contributed by atoms with E-state index in [4.69, 9.17) is 9.47 Å². The fraction of sp³-hybridized carbons (Fsp3) is 0.480. The average molecular weight is 640 g/mol. The SMILES string of the molecule is CCOc1cc(S(=O)(=O)N2CC(CNS(=O)(=O)C3CC3)Oc3ccc(NC(=O)OC(C)(C)C(F)(F)F)cc32)ccc1F. The largest absolute Gasteiger partial charge is 0.491 e. The van der Waals surface area contributed by atoms with E-state index in [2.05, 4.69) is 14.8 Å². The molecule has 1 saturated carbocycles. The summed E-state index contributed by atoms with van der Waals surface area (Å²) in [7, 11) is -8.11. The molecular formula is C25H29F4N3O8S2. The standard InChI is InChI=1S/C25H29F4N3O8S2/c1-4-38-22-12-18(8-9-19(22)26)42(36,37)32-14-16(13-30-41(34,35)17-6-7-17)39-21-10-5-15(11-20(21)32)31-23(33)40-24(2,3)25(27,28)29/h5,8-12,16-17,30H,4,6-7,13-14H2,1-3H3,(H,31,33). The Hall–Kier alpha value is -3.31. The van der Waals surface area contributed by atoms with Crippen molar-refractivity contribution in [1.29, 1.82) is 0 Å². The highest BCUT2D eigenvalue weighted by Crippen LogP contribution is 2.40. The van der Waals surface area contributed by atoms with Crippen molar-refractivity contribution in [2.24, 2.45) is 0 Å². The number of rotatable bonds is 10. The number of alkyl halides is 3. The Balaban J connectivity index is 1.67. The summed E-state index contributed by atoms with van der Waals surface area (Å²) in [4.78, 5) is 11.9. The van der Waals surface area contributed by atoms with E-state index in [1.807, 2.05) is 0 Å². The molecule has 42 heavy (non-hydrogen) atoms. The zero-order chi connectivity index (χ0) is 31.1. The van der Waals surface area contributed by atoms with Gasteiger partial charge in [-0.1, -0.05) is 0 Å². The molecule has 1 aliphatic heterocycles. The number of hydrogen-bond acceptors (Lipinski definition) is 8. The molecule has 2 aromatic rings. The van der Waals surface area contributed by atoms with Gasteiger partial charge in [0.25, 0.3) is 10.0 Å². The lowest BCUT2D eigenvalue weighted by Gasteiger charge is -2.36. The van der Waals surface area contributed by atoms with Gasteiger partial charge >= 0.3 is 12.3 Å². The van der Waals surface area contributed by atoms with Crippen LogP contribution in [0.5, 0.6) is 11.5 Å². The third kappa shape index (κ3) is 6.83. The van der Waals surface area contributed by atoms with E-state index >= 15 is 0 Å². The van der Waals surface area contributed by atoms with Crippen molar-refractivity contribution in [2.45, 2.75) is 61.6 Å². The lowest BCUT2D eigenvalue weighted by atomic mass is 10.1. The summed E-state index contributed by atoms with van der Waals surface area (Å²) in [5.74, 6) is -1.13. The Bertz CT molecular complexity index is 1560. The first-order chi connectivity index (χ1) is 19.4. The minimum absolute atomic E-state index is 0.0258. The number of carbonyl (C=O) groups excluding carboxylic acids is 1. The molecule has 0 radical (unpaired) electrons. The fourth-order valence-electron chi connectivity index (χ4n) is 3.90. The highest BCUT2D eigenvalue weighted by Gasteiger charge is 2.51. The number of amides is 1. The fourth-order valence-corrected chi connectivity index (χ4v) is 6.82. The number of fused-ring (bicyclic) bond motifs is 1. The van der Waals surface area contributed by atoms with E-state index in [-0.39, 0.29) is 40.9 Å². The smallest absolute Gasteiger partial charge is 0.427 e. The Morgan fingerprint density at radius 3 is 2.40 bits per heavy atom. The van der Waals surface area contributed by atoms with Crippen molar-refractivity contribution in [3.63, 3.8) is 0 Å². The molecule has 1 unspecified atom stereocenters. The summed E-state index contributed by atoms with van der Waals surface area (Å²) in [6.45, 7) is 2.30. The molecular weight excluding hydrogens is 610 g/mol. The molecule has 1 atom stereocenters. The van der Waals surface area contributed by atoms with Gasteiger partial charge in [-0.25, -0.2) is 30.7 Å². The van der Waals surface area contributed by atoms with E-state index in [9.17, 15) is 39.2 Å². The molecule has 0 bridgehead atoms. The molecule has 11 nitrogen and oxygen atoms in total. The minimum Gasteiger partial charge on any atom is -0.491 e. The average Bonchev–Trinajstić information content (AvgIpc) is 3.74. The number of hydrogen-bond donors (Lipinski definition) is 2. The van der Waals surface area contributed by atoms with Crippen LogP contribution in [-0.4, -0.2) is 65.8 Å². The van der Waals surface area contributed by atoms with E-state index in [0.29, 0.717) is 26.7 Å². The van der Waals surface area contributed by atoms with Crippen molar-refractivity contribution in [1.82, 2.24) is 4.72 Å². The summed E-state index contributed by atoms with van der Waals surface area (Å²) < 4.78 is 125. The van der Waals surface area contributed by atoms with Gasteiger partial charge in [0.2, 0.25) is 15.6 Å². The molecule has 2 aromatic carbocycles. The van der Waals surface area contributed by atoms with E-state index in [0.717, 1.165) is 28.6 Å². The van der Waals surface area contributed by atoms with Gasteiger partial charge in [-0.2, -0.15) is 13.2 Å². The molecule has 232 valence electrons. The maximum atomic E-state index is 14.2. The van der Waals surface area contributed by atoms with E-state index < -0.39 is 61.6 Å². The molecule has 17 heteroatoms. The van der Waals surface area contributed by atoms with Crippen molar-refractivity contribution >= 4 is 37.5 Å². The second-order valence-corrected chi connectivity index (χ2v) is 14.0. The Kier molecular flexibility index (Phi) is 8.59. The monoisotopic (exact) mass is 639 g/mol. The molecule has 0 aromatic heterocycles. The van der Waals surface area contributed by atoms with Crippen LogP contribution in [0.3, 0.4) is 0 Å². The summed E-state index contributed by atoms with van der Waals surface area (Å²) >= 11 is 0. The second-order valence-electron chi connectivity index (χ2n) is 10.1. The zero-order valence-corrected chi connectivity index (χ0v) is 24.3. The van der Waals surface area contributed by atoms with Crippen LogP contribution in [0.25, 0.3) is 0 Å². The normalized spacial score (nSPS) is 17.7. The topological polar surface area (TPSA) is 140 Å². The minimum atomic E-state index is -4.86. The van der Waals surface area contributed by atoms with E-state index in [1.165, 1.54) is 12.1 Å². The Labute approximate surface area is 240 Å². The van der Waals surface area contributed by atoms with Crippen molar-refractivity contribution in [3.8, 4) is 11.5 Å². The summed E-state index contributed by atoms with van der Waals surface area (Å²) in [6, 6.07) is 6.58. The first kappa shape index (κ1) is 31.6. The van der Waals surface area contributed by atoms with Crippen LogP contribution in [-0.2, 0) is 24.8 Å². The van der Waals surface area contributed by atoms with Gasteiger partial charge in [-0.05, 0) is 63.9 Å². The number of anilines is 2. The molecule has 2 aliphatic rings. The van der Waals surface area contributed by atoms with Crippen LogP contribution in [0.15, 0.2) is 41.3 Å². The van der Waals surface area contributed by atoms with Crippen molar-refractivity contribution in [3.05, 3.63) is 42.2 Å². The molecule has 0 saturated heterocycles. The number of nitrogens with zero attached hydrogens (tertiary/aromatic N) is 1. The maximum absolute atomic E-state index is 14.2. The highest BCUT2D eigenvalue weighted by atomic mass is 32.2. The maximum Gasteiger partial charge on any atom is 0.427 e. The highest BCUT2D eigenvalue weighted by molar-refractivity contribution is 7.92. The Morgan fingerprint density at radius 1 is 1.10 bits per heavy atom. The first-order valence-corrected chi connectivity index (χ1v) is 15.7. The second kappa shape index (κ2) is 11.4. The number of ether oxygens (including phenoxy) is 3. The predicted octanol–water partition coefficient (Wildman–Crippen LogP) is 4.15. The molecule has 0 spiro atoms. The van der Waals surface area contributed by atoms with Gasteiger partial charge in [0.15, 0.2) is 11.6 Å². The molecule has 1 aliphatic carbocycles. The number of halogens is 4. The van der Waals surface area contributed by atoms with Crippen LogP contribution >= 0.6 is 0 Å². The predicted molar refractivity (Wildman–Crippen MR) is 143 cm³/mol. The summed E-state index contributed by atoms with van der Waals surface area (Å²) in [5, 5.41) is 1.61.